The fourth-order valence-electron chi connectivity index (χ4n) is 3.54. The Labute approximate surface area is 158 Å². The smallest absolute Gasteiger partial charge is 0.307 e. The molecule has 2 aliphatic rings. The van der Waals surface area contributed by atoms with E-state index in [9.17, 15) is 14.9 Å². The number of thiophene rings is 1. The summed E-state index contributed by atoms with van der Waals surface area (Å²) in [7, 11) is 0. The highest BCUT2D eigenvalue weighted by molar-refractivity contribution is 7.16. The lowest BCUT2D eigenvalue weighted by Gasteiger charge is -2.14. The zero-order valence-electron chi connectivity index (χ0n) is 15.0. The summed E-state index contributed by atoms with van der Waals surface area (Å²) < 4.78 is 5.28. The highest BCUT2D eigenvalue weighted by Crippen LogP contribution is 2.37. The molecule has 0 saturated carbocycles. The number of amides is 1. The number of hydrogen-bond donors (Lipinski definition) is 1. The number of anilines is 1. The van der Waals surface area contributed by atoms with Crippen LogP contribution in [-0.4, -0.2) is 18.0 Å². The van der Waals surface area contributed by atoms with E-state index < -0.39 is 6.10 Å². The van der Waals surface area contributed by atoms with Crippen molar-refractivity contribution >= 4 is 28.2 Å². The van der Waals surface area contributed by atoms with Crippen molar-refractivity contribution < 1.29 is 14.3 Å². The number of esters is 1. The third kappa shape index (κ3) is 4.34. The summed E-state index contributed by atoms with van der Waals surface area (Å²) in [5.41, 5.74) is 1.66. The molecule has 1 aromatic heterocycles. The number of rotatable bonds is 5. The first kappa shape index (κ1) is 18.7. The first-order valence-corrected chi connectivity index (χ1v) is 10.1. The molecule has 0 radical (unpaired) electrons. The number of nitriles is 1. The molecule has 6 heteroatoms. The summed E-state index contributed by atoms with van der Waals surface area (Å²) in [5.74, 6) is -0.518. The van der Waals surface area contributed by atoms with Gasteiger partial charge in [0.25, 0.3) is 5.91 Å². The molecular formula is C20H24N2O3S. The second-order valence-electron chi connectivity index (χ2n) is 6.97. The predicted octanol–water partition coefficient (Wildman–Crippen LogP) is 4.12. The van der Waals surface area contributed by atoms with Gasteiger partial charge in [0.05, 0.1) is 12.0 Å². The Morgan fingerprint density at radius 1 is 1.38 bits per heavy atom. The summed E-state index contributed by atoms with van der Waals surface area (Å²) in [6.45, 7) is 1.57. The first-order chi connectivity index (χ1) is 12.6. The van der Waals surface area contributed by atoms with E-state index in [-0.39, 0.29) is 17.8 Å². The molecule has 1 heterocycles. The van der Waals surface area contributed by atoms with E-state index in [1.165, 1.54) is 22.6 Å². The molecule has 0 aromatic carbocycles. The van der Waals surface area contributed by atoms with Gasteiger partial charge in [0.1, 0.15) is 11.1 Å². The number of hydrogen-bond acceptors (Lipinski definition) is 5. The minimum atomic E-state index is -0.874. The van der Waals surface area contributed by atoms with Gasteiger partial charge < -0.3 is 10.1 Å². The normalized spacial score (nSPS) is 19.9. The Hall–Kier alpha value is -2.13. The van der Waals surface area contributed by atoms with Crippen LogP contribution >= 0.6 is 11.3 Å². The monoisotopic (exact) mass is 372 g/mol. The topological polar surface area (TPSA) is 79.2 Å². The number of carbonyl (C=O) groups is 2. The molecule has 2 aliphatic carbocycles. The molecule has 0 bridgehead atoms. The summed E-state index contributed by atoms with van der Waals surface area (Å²) in [4.78, 5) is 25.6. The predicted molar refractivity (Wildman–Crippen MR) is 101 cm³/mol. The van der Waals surface area contributed by atoms with Crippen molar-refractivity contribution in [2.75, 3.05) is 5.32 Å². The lowest BCUT2D eigenvalue weighted by Crippen LogP contribution is -2.30. The van der Waals surface area contributed by atoms with Crippen LogP contribution in [0, 0.1) is 17.2 Å². The van der Waals surface area contributed by atoms with Crippen molar-refractivity contribution in [1.82, 2.24) is 0 Å². The van der Waals surface area contributed by atoms with Gasteiger partial charge in [-0.05, 0) is 56.9 Å². The third-order valence-corrected chi connectivity index (χ3v) is 6.20. The van der Waals surface area contributed by atoms with E-state index in [1.54, 1.807) is 6.92 Å². The van der Waals surface area contributed by atoms with Crippen LogP contribution in [0.25, 0.3) is 0 Å². The maximum absolute atomic E-state index is 12.4. The quantitative estimate of drug-likeness (QED) is 0.479. The molecule has 0 unspecified atom stereocenters. The fourth-order valence-corrected chi connectivity index (χ4v) is 4.78. The lowest BCUT2D eigenvalue weighted by atomic mass is 10.1. The van der Waals surface area contributed by atoms with Gasteiger partial charge in [0, 0.05) is 4.88 Å². The summed E-state index contributed by atoms with van der Waals surface area (Å²) in [5, 5.41) is 12.9. The van der Waals surface area contributed by atoms with Crippen molar-refractivity contribution in [3.63, 3.8) is 0 Å². The average molecular weight is 372 g/mol. The third-order valence-electron chi connectivity index (χ3n) is 4.99. The minimum absolute atomic E-state index is 0.218. The molecule has 5 nitrogen and oxygen atoms in total. The van der Waals surface area contributed by atoms with Crippen molar-refractivity contribution in [3.05, 3.63) is 28.2 Å². The maximum Gasteiger partial charge on any atom is 0.307 e. The molecule has 1 aromatic rings. The van der Waals surface area contributed by atoms with Crippen LogP contribution in [0.2, 0.25) is 0 Å². The van der Waals surface area contributed by atoms with Crippen molar-refractivity contribution in [2.24, 2.45) is 5.92 Å². The number of fused-ring (bicyclic) bond motifs is 1. The van der Waals surface area contributed by atoms with Gasteiger partial charge >= 0.3 is 5.97 Å². The number of nitrogens with one attached hydrogen (secondary N) is 1. The Bertz CT molecular complexity index is 760. The Morgan fingerprint density at radius 3 is 2.92 bits per heavy atom. The molecule has 138 valence electrons. The van der Waals surface area contributed by atoms with E-state index in [1.807, 2.05) is 6.08 Å². The highest BCUT2D eigenvalue weighted by atomic mass is 32.1. The first-order valence-electron chi connectivity index (χ1n) is 9.30. The Balaban J connectivity index is 1.61. The van der Waals surface area contributed by atoms with Crippen LogP contribution in [0.4, 0.5) is 5.00 Å². The number of ether oxygens (including phenoxy) is 1. The van der Waals surface area contributed by atoms with Crippen LogP contribution < -0.4 is 5.32 Å². The fraction of sp³-hybridized carbons (Fsp3) is 0.550. The van der Waals surface area contributed by atoms with Gasteiger partial charge in [-0.15, -0.1) is 11.3 Å². The van der Waals surface area contributed by atoms with Crippen LogP contribution in [0.3, 0.4) is 0 Å². The maximum atomic E-state index is 12.4. The molecule has 0 aliphatic heterocycles. The SMILES string of the molecule is C[C@H](OC(=O)C[C@H]1C=CCC1)C(=O)Nc1sc2c(c1C#N)CCCCC2. The zero-order valence-corrected chi connectivity index (χ0v) is 15.9. The second kappa shape index (κ2) is 8.50. The molecule has 1 N–H and O–H groups in total. The van der Waals surface area contributed by atoms with Gasteiger partial charge in [-0.1, -0.05) is 18.6 Å². The molecule has 3 rings (SSSR count). The van der Waals surface area contributed by atoms with Crippen LogP contribution in [0.15, 0.2) is 12.2 Å². The largest absolute Gasteiger partial charge is 0.453 e. The minimum Gasteiger partial charge on any atom is -0.453 e. The van der Waals surface area contributed by atoms with Gasteiger partial charge in [-0.25, -0.2) is 0 Å². The molecule has 0 spiro atoms. The van der Waals surface area contributed by atoms with Gasteiger partial charge in [-0.3, -0.25) is 9.59 Å². The molecule has 0 saturated heterocycles. The molecule has 2 atom stereocenters. The molecular weight excluding hydrogens is 348 g/mol. The molecule has 0 fully saturated rings. The van der Waals surface area contributed by atoms with E-state index >= 15 is 0 Å². The highest BCUT2D eigenvalue weighted by Gasteiger charge is 2.25. The number of carbonyl (C=O) groups excluding carboxylic acids is 2. The van der Waals surface area contributed by atoms with E-state index in [4.69, 9.17) is 4.74 Å². The lowest BCUT2D eigenvalue weighted by molar-refractivity contribution is -0.153. The summed E-state index contributed by atoms with van der Waals surface area (Å²) in [6, 6.07) is 2.25. The van der Waals surface area contributed by atoms with E-state index in [2.05, 4.69) is 17.5 Å². The van der Waals surface area contributed by atoms with Gasteiger partial charge in [0.15, 0.2) is 6.10 Å². The summed E-state index contributed by atoms with van der Waals surface area (Å²) in [6.07, 6.45) is 10.7. The Morgan fingerprint density at radius 2 is 2.19 bits per heavy atom. The zero-order chi connectivity index (χ0) is 18.5. The van der Waals surface area contributed by atoms with E-state index in [0.29, 0.717) is 17.0 Å². The van der Waals surface area contributed by atoms with E-state index in [0.717, 1.165) is 44.1 Å². The van der Waals surface area contributed by atoms with Crippen LogP contribution in [-0.2, 0) is 27.2 Å². The van der Waals surface area contributed by atoms with Gasteiger partial charge in [-0.2, -0.15) is 5.26 Å². The molecule has 26 heavy (non-hydrogen) atoms. The van der Waals surface area contributed by atoms with Crippen molar-refractivity contribution in [3.8, 4) is 6.07 Å². The Kier molecular flexibility index (Phi) is 6.10. The number of nitrogens with zero attached hydrogens (tertiary/aromatic N) is 1. The van der Waals surface area contributed by atoms with Crippen molar-refractivity contribution in [2.45, 2.75) is 64.4 Å². The standard InChI is InChI=1S/C20H24N2O3S/c1-13(25-18(23)11-14-7-5-6-8-14)19(24)22-20-16(12-21)15-9-3-2-4-10-17(15)26-20/h5,7,13-14H,2-4,6,8-11H2,1H3,(H,22,24)/t13-,14-/m0/s1. The van der Waals surface area contributed by atoms with Gasteiger partial charge in [0.2, 0.25) is 0 Å². The van der Waals surface area contributed by atoms with Crippen molar-refractivity contribution in [1.29, 1.82) is 5.26 Å². The molecule has 1 amide bonds. The van der Waals surface area contributed by atoms with Crippen LogP contribution in [0.1, 0.15) is 61.5 Å². The van der Waals surface area contributed by atoms with Crippen LogP contribution in [0.5, 0.6) is 0 Å². The number of allylic oxidation sites excluding steroid dienone is 2. The number of aryl methyl sites for hydroxylation is 1. The second-order valence-corrected chi connectivity index (χ2v) is 8.08. The average Bonchev–Trinajstić information content (AvgIpc) is 3.16. The summed E-state index contributed by atoms with van der Waals surface area (Å²) >= 11 is 1.49.